The SMILES string of the molecule is Cc1cc(C(=O)N2CCC(c3noc(-c4ccccn4)n3)CC2)on1. The summed E-state index contributed by atoms with van der Waals surface area (Å²) < 4.78 is 10.4. The van der Waals surface area contributed by atoms with Gasteiger partial charge in [-0.25, -0.2) is 0 Å². The number of hydrogen-bond acceptors (Lipinski definition) is 7. The largest absolute Gasteiger partial charge is 0.351 e. The molecule has 3 aromatic rings. The molecular weight excluding hydrogens is 322 g/mol. The number of likely N-dealkylation sites (tertiary alicyclic amines) is 1. The van der Waals surface area contributed by atoms with Crippen LogP contribution in [-0.2, 0) is 0 Å². The molecule has 1 aliphatic heterocycles. The molecule has 4 rings (SSSR count). The summed E-state index contributed by atoms with van der Waals surface area (Å²) in [5.74, 6) is 1.42. The maximum absolute atomic E-state index is 12.4. The molecule has 8 nitrogen and oxygen atoms in total. The number of aryl methyl sites for hydroxylation is 1. The molecule has 0 bridgehead atoms. The monoisotopic (exact) mass is 339 g/mol. The number of carbonyl (C=O) groups is 1. The van der Waals surface area contributed by atoms with Gasteiger partial charge in [-0.05, 0) is 31.9 Å². The Kier molecular flexibility index (Phi) is 4.01. The first kappa shape index (κ1) is 15.5. The zero-order chi connectivity index (χ0) is 17.2. The van der Waals surface area contributed by atoms with Gasteiger partial charge >= 0.3 is 0 Å². The summed E-state index contributed by atoms with van der Waals surface area (Å²) >= 11 is 0. The Bertz CT molecular complexity index is 865. The molecule has 8 heteroatoms. The summed E-state index contributed by atoms with van der Waals surface area (Å²) in [6, 6.07) is 7.20. The van der Waals surface area contributed by atoms with Gasteiger partial charge in [0.05, 0.1) is 5.69 Å². The molecule has 1 aliphatic rings. The van der Waals surface area contributed by atoms with Crippen LogP contribution in [-0.4, -0.2) is 44.2 Å². The number of carbonyl (C=O) groups excluding carboxylic acids is 1. The molecule has 25 heavy (non-hydrogen) atoms. The van der Waals surface area contributed by atoms with E-state index in [1.807, 2.05) is 18.2 Å². The third-order valence-electron chi connectivity index (χ3n) is 4.31. The van der Waals surface area contributed by atoms with Crippen LogP contribution in [0.1, 0.15) is 40.8 Å². The molecule has 1 amide bonds. The smallest absolute Gasteiger partial charge is 0.292 e. The minimum absolute atomic E-state index is 0.124. The number of aromatic nitrogens is 4. The highest BCUT2D eigenvalue weighted by atomic mass is 16.5. The van der Waals surface area contributed by atoms with E-state index in [1.165, 1.54) is 0 Å². The first-order chi connectivity index (χ1) is 12.2. The van der Waals surface area contributed by atoms with Crippen molar-refractivity contribution in [3.8, 4) is 11.6 Å². The number of nitrogens with zero attached hydrogens (tertiary/aromatic N) is 5. The lowest BCUT2D eigenvalue weighted by atomic mass is 9.96. The van der Waals surface area contributed by atoms with E-state index in [9.17, 15) is 4.79 Å². The van der Waals surface area contributed by atoms with Crippen molar-refractivity contribution in [2.45, 2.75) is 25.7 Å². The van der Waals surface area contributed by atoms with Crippen LogP contribution < -0.4 is 0 Å². The lowest BCUT2D eigenvalue weighted by Gasteiger charge is -2.29. The summed E-state index contributed by atoms with van der Waals surface area (Å²) in [5.41, 5.74) is 1.36. The molecule has 0 radical (unpaired) electrons. The quantitative estimate of drug-likeness (QED) is 0.722. The Morgan fingerprint density at radius 2 is 2.04 bits per heavy atom. The first-order valence-electron chi connectivity index (χ1n) is 8.18. The van der Waals surface area contributed by atoms with Crippen molar-refractivity contribution in [2.75, 3.05) is 13.1 Å². The summed E-state index contributed by atoms with van der Waals surface area (Å²) in [4.78, 5) is 22.8. The number of piperidine rings is 1. The van der Waals surface area contributed by atoms with Crippen molar-refractivity contribution in [2.24, 2.45) is 0 Å². The third-order valence-corrected chi connectivity index (χ3v) is 4.31. The van der Waals surface area contributed by atoms with Gasteiger partial charge in [0.15, 0.2) is 5.82 Å². The summed E-state index contributed by atoms with van der Waals surface area (Å²) in [5, 5.41) is 7.86. The van der Waals surface area contributed by atoms with E-state index >= 15 is 0 Å². The topological polar surface area (TPSA) is 98.2 Å². The predicted molar refractivity (Wildman–Crippen MR) is 86.6 cm³/mol. The number of hydrogen-bond donors (Lipinski definition) is 0. The van der Waals surface area contributed by atoms with Gasteiger partial charge in [0, 0.05) is 31.3 Å². The van der Waals surface area contributed by atoms with Crippen molar-refractivity contribution in [3.63, 3.8) is 0 Å². The molecule has 3 aromatic heterocycles. The molecule has 0 aliphatic carbocycles. The van der Waals surface area contributed by atoms with Gasteiger partial charge < -0.3 is 13.9 Å². The molecule has 128 valence electrons. The minimum Gasteiger partial charge on any atom is -0.351 e. The van der Waals surface area contributed by atoms with E-state index in [0.29, 0.717) is 36.2 Å². The minimum atomic E-state index is -0.124. The van der Waals surface area contributed by atoms with Gasteiger partial charge in [0.25, 0.3) is 11.8 Å². The maximum atomic E-state index is 12.4. The second-order valence-electron chi connectivity index (χ2n) is 6.07. The zero-order valence-corrected chi connectivity index (χ0v) is 13.8. The van der Waals surface area contributed by atoms with Gasteiger partial charge in [-0.3, -0.25) is 9.78 Å². The molecular formula is C17H17N5O3. The fourth-order valence-electron chi connectivity index (χ4n) is 2.95. The van der Waals surface area contributed by atoms with Crippen LogP contribution in [0.4, 0.5) is 0 Å². The van der Waals surface area contributed by atoms with Crippen LogP contribution >= 0.6 is 0 Å². The lowest BCUT2D eigenvalue weighted by molar-refractivity contribution is 0.0668. The second kappa shape index (κ2) is 6.46. The highest BCUT2D eigenvalue weighted by Gasteiger charge is 2.29. The fraction of sp³-hybridized carbons (Fsp3) is 0.353. The summed E-state index contributed by atoms with van der Waals surface area (Å²) in [6.45, 7) is 3.04. The van der Waals surface area contributed by atoms with Crippen molar-refractivity contribution in [1.29, 1.82) is 0 Å². The highest BCUT2D eigenvalue weighted by molar-refractivity contribution is 5.91. The first-order valence-corrected chi connectivity index (χ1v) is 8.18. The average Bonchev–Trinajstić information content (AvgIpc) is 3.31. The Morgan fingerprint density at radius 1 is 1.20 bits per heavy atom. The second-order valence-corrected chi connectivity index (χ2v) is 6.07. The molecule has 0 N–H and O–H groups in total. The maximum Gasteiger partial charge on any atom is 0.292 e. The highest BCUT2D eigenvalue weighted by Crippen LogP contribution is 2.28. The lowest BCUT2D eigenvalue weighted by Crippen LogP contribution is -2.38. The average molecular weight is 339 g/mol. The van der Waals surface area contributed by atoms with Crippen LogP contribution in [0.15, 0.2) is 39.5 Å². The molecule has 0 atom stereocenters. The Morgan fingerprint density at radius 3 is 2.72 bits per heavy atom. The van der Waals surface area contributed by atoms with Crippen molar-refractivity contribution >= 4 is 5.91 Å². The molecule has 0 aromatic carbocycles. The summed E-state index contributed by atoms with van der Waals surface area (Å²) in [7, 11) is 0. The van der Waals surface area contributed by atoms with Crippen LogP contribution in [0.2, 0.25) is 0 Å². The zero-order valence-electron chi connectivity index (χ0n) is 13.8. The van der Waals surface area contributed by atoms with Gasteiger partial charge in [-0.15, -0.1) is 0 Å². The fourth-order valence-corrected chi connectivity index (χ4v) is 2.95. The number of pyridine rings is 1. The molecule has 0 spiro atoms. The van der Waals surface area contributed by atoms with E-state index in [4.69, 9.17) is 9.05 Å². The standard InChI is InChI=1S/C17H17N5O3/c1-11-10-14(24-20-11)17(23)22-8-5-12(6-9-22)15-19-16(25-21-15)13-4-2-3-7-18-13/h2-4,7,10,12H,5-6,8-9H2,1H3. The van der Waals surface area contributed by atoms with E-state index in [1.54, 1.807) is 24.1 Å². The Hall–Kier alpha value is -3.03. The molecule has 0 saturated carbocycles. The Balaban J connectivity index is 1.41. The van der Waals surface area contributed by atoms with Crippen molar-refractivity contribution in [3.05, 3.63) is 47.7 Å². The van der Waals surface area contributed by atoms with Crippen LogP contribution in [0.5, 0.6) is 0 Å². The van der Waals surface area contributed by atoms with Gasteiger partial charge in [-0.1, -0.05) is 16.4 Å². The third kappa shape index (κ3) is 3.15. The van der Waals surface area contributed by atoms with Crippen LogP contribution in [0, 0.1) is 6.92 Å². The van der Waals surface area contributed by atoms with E-state index in [2.05, 4.69) is 20.3 Å². The van der Waals surface area contributed by atoms with Crippen LogP contribution in [0.25, 0.3) is 11.6 Å². The van der Waals surface area contributed by atoms with Crippen molar-refractivity contribution in [1.82, 2.24) is 25.2 Å². The van der Waals surface area contributed by atoms with Gasteiger partial charge in [-0.2, -0.15) is 4.98 Å². The molecule has 1 saturated heterocycles. The van der Waals surface area contributed by atoms with Gasteiger partial charge in [0.1, 0.15) is 5.69 Å². The van der Waals surface area contributed by atoms with Crippen LogP contribution in [0.3, 0.4) is 0 Å². The normalized spacial score (nSPS) is 15.5. The molecule has 1 fully saturated rings. The van der Waals surface area contributed by atoms with E-state index < -0.39 is 0 Å². The molecule has 0 unspecified atom stereocenters. The number of amides is 1. The number of rotatable bonds is 3. The predicted octanol–water partition coefficient (Wildman–Crippen LogP) is 2.45. The van der Waals surface area contributed by atoms with Crippen molar-refractivity contribution < 1.29 is 13.8 Å². The van der Waals surface area contributed by atoms with E-state index in [-0.39, 0.29) is 17.6 Å². The summed E-state index contributed by atoms with van der Waals surface area (Å²) in [6.07, 6.45) is 3.24. The van der Waals surface area contributed by atoms with Gasteiger partial charge in [0.2, 0.25) is 5.76 Å². The Labute approximate surface area is 143 Å². The molecule has 4 heterocycles. The van der Waals surface area contributed by atoms with E-state index in [0.717, 1.165) is 12.8 Å².